The second-order valence-corrected chi connectivity index (χ2v) is 4.96. The Morgan fingerprint density at radius 2 is 1.96 bits per heavy atom. The van der Waals surface area contributed by atoms with Gasteiger partial charge in [-0.2, -0.15) is 10.5 Å². The Labute approximate surface area is 134 Å². The van der Waals surface area contributed by atoms with E-state index in [0.717, 1.165) is 12.8 Å². The number of rotatable bonds is 5. The normalized spacial score (nSPS) is 12.4. The minimum atomic E-state index is -0.531. The average Bonchev–Trinajstić information content (AvgIpc) is 2.83. The zero-order valence-corrected chi connectivity index (χ0v) is 12.7. The minimum Gasteiger partial charge on any atom is -0.464 e. The number of fused-ring (bicyclic) bond motifs is 1. The first-order valence-corrected chi connectivity index (χ1v) is 7.25. The molecule has 0 bridgehead atoms. The molecule has 116 valence electrons. The van der Waals surface area contributed by atoms with Crippen molar-refractivity contribution in [3.05, 3.63) is 35.4 Å². The Balaban J connectivity index is 2.32. The predicted molar refractivity (Wildman–Crippen MR) is 82.8 cm³/mol. The molecule has 0 aromatic heterocycles. The third kappa shape index (κ3) is 3.22. The highest BCUT2D eigenvalue weighted by atomic mass is 16.5. The first-order valence-electron chi connectivity index (χ1n) is 7.25. The van der Waals surface area contributed by atoms with Crippen LogP contribution in [-0.2, 0) is 14.3 Å². The molecule has 1 amide bonds. The number of para-hydroxylation sites is 1. The summed E-state index contributed by atoms with van der Waals surface area (Å²) >= 11 is 0. The maximum atomic E-state index is 12.5. The molecule has 23 heavy (non-hydrogen) atoms. The fourth-order valence-electron chi connectivity index (χ4n) is 2.32. The quantitative estimate of drug-likeness (QED) is 0.359. The summed E-state index contributed by atoms with van der Waals surface area (Å²) < 4.78 is 5.08. The third-order valence-electron chi connectivity index (χ3n) is 3.44. The summed E-state index contributed by atoms with van der Waals surface area (Å²) in [5.74, 6) is -1.05. The van der Waals surface area contributed by atoms with Gasteiger partial charge in [0.15, 0.2) is 0 Å². The number of amides is 1. The van der Waals surface area contributed by atoms with Crippen LogP contribution >= 0.6 is 0 Å². The molecule has 0 saturated heterocycles. The van der Waals surface area contributed by atoms with Crippen molar-refractivity contribution in [1.29, 1.82) is 10.5 Å². The lowest BCUT2D eigenvalue weighted by Crippen LogP contribution is -2.33. The van der Waals surface area contributed by atoms with E-state index in [4.69, 9.17) is 15.3 Å². The maximum absolute atomic E-state index is 12.5. The van der Waals surface area contributed by atoms with Crippen molar-refractivity contribution in [2.75, 3.05) is 18.1 Å². The van der Waals surface area contributed by atoms with Crippen molar-refractivity contribution in [1.82, 2.24) is 0 Å². The molecular formula is C17H15N3O3. The Kier molecular flexibility index (Phi) is 5.11. The topological polar surface area (TPSA) is 94.2 Å². The Morgan fingerprint density at radius 3 is 2.61 bits per heavy atom. The highest BCUT2D eigenvalue weighted by molar-refractivity contribution is 6.34. The molecule has 0 atom stereocenters. The summed E-state index contributed by atoms with van der Waals surface area (Å²) in [6.07, 6.45) is 1.66. The Bertz CT molecular complexity index is 737. The molecule has 1 aromatic rings. The van der Waals surface area contributed by atoms with Gasteiger partial charge >= 0.3 is 5.97 Å². The zero-order valence-electron chi connectivity index (χ0n) is 12.7. The highest BCUT2D eigenvalue weighted by Crippen LogP contribution is 2.37. The van der Waals surface area contributed by atoms with Gasteiger partial charge in [0.1, 0.15) is 24.3 Å². The summed E-state index contributed by atoms with van der Waals surface area (Å²) in [6, 6.07) is 10.2. The van der Waals surface area contributed by atoms with Crippen LogP contribution in [0.25, 0.3) is 5.57 Å². The van der Waals surface area contributed by atoms with Gasteiger partial charge in [0.2, 0.25) is 0 Å². The van der Waals surface area contributed by atoms with E-state index >= 15 is 0 Å². The third-order valence-corrected chi connectivity index (χ3v) is 3.44. The average molecular weight is 309 g/mol. The standard InChI is InChI=1S/C17H15N3O3/c1-2-3-8-23-15(21)11-20-14-7-5-4-6-13(14)16(17(20)22)12(9-18)10-19/h4-7H,2-3,8,11H2,1H3. The molecule has 2 rings (SSSR count). The molecule has 0 saturated carbocycles. The molecular weight excluding hydrogens is 294 g/mol. The van der Waals surface area contributed by atoms with E-state index in [1.54, 1.807) is 36.4 Å². The molecule has 0 N–H and O–H groups in total. The van der Waals surface area contributed by atoms with Crippen LogP contribution in [0, 0.1) is 22.7 Å². The highest BCUT2D eigenvalue weighted by Gasteiger charge is 2.36. The molecule has 1 aromatic carbocycles. The summed E-state index contributed by atoms with van der Waals surface area (Å²) in [6.45, 7) is 2.05. The van der Waals surface area contributed by atoms with E-state index in [0.29, 0.717) is 17.9 Å². The van der Waals surface area contributed by atoms with Gasteiger partial charge in [0.25, 0.3) is 5.91 Å². The molecule has 1 aliphatic rings. The second-order valence-electron chi connectivity index (χ2n) is 4.96. The van der Waals surface area contributed by atoms with Crippen LogP contribution in [0.1, 0.15) is 25.3 Å². The predicted octanol–water partition coefficient (Wildman–Crippen LogP) is 2.18. The van der Waals surface area contributed by atoms with Gasteiger partial charge in [-0.3, -0.25) is 14.5 Å². The number of carbonyl (C=O) groups is 2. The van der Waals surface area contributed by atoms with Crippen LogP contribution < -0.4 is 4.90 Å². The first-order chi connectivity index (χ1) is 11.1. The van der Waals surface area contributed by atoms with Crippen LogP contribution in [0.4, 0.5) is 5.69 Å². The van der Waals surface area contributed by atoms with Crippen LogP contribution in [-0.4, -0.2) is 25.0 Å². The monoisotopic (exact) mass is 309 g/mol. The number of anilines is 1. The van der Waals surface area contributed by atoms with Crippen LogP contribution in [0.3, 0.4) is 0 Å². The maximum Gasteiger partial charge on any atom is 0.326 e. The molecule has 0 spiro atoms. The summed E-state index contributed by atoms with van der Waals surface area (Å²) in [5.41, 5.74) is 0.760. The summed E-state index contributed by atoms with van der Waals surface area (Å²) in [4.78, 5) is 25.7. The van der Waals surface area contributed by atoms with E-state index in [2.05, 4.69) is 0 Å². The van der Waals surface area contributed by atoms with Crippen molar-refractivity contribution in [3.63, 3.8) is 0 Å². The van der Waals surface area contributed by atoms with Crippen molar-refractivity contribution < 1.29 is 14.3 Å². The SMILES string of the molecule is CCCCOC(=O)CN1C(=O)C(=C(C#N)C#N)c2ccccc21. The fourth-order valence-corrected chi connectivity index (χ4v) is 2.32. The summed E-state index contributed by atoms with van der Waals surface area (Å²) in [7, 11) is 0. The van der Waals surface area contributed by atoms with Gasteiger partial charge < -0.3 is 4.74 Å². The van der Waals surface area contributed by atoms with Gasteiger partial charge in [-0.25, -0.2) is 0 Å². The fraction of sp³-hybridized carbons (Fsp3) is 0.294. The molecule has 1 aliphatic heterocycles. The largest absolute Gasteiger partial charge is 0.464 e. The number of hydrogen-bond donors (Lipinski definition) is 0. The van der Waals surface area contributed by atoms with Gasteiger partial charge in [-0.1, -0.05) is 31.5 Å². The molecule has 6 nitrogen and oxygen atoms in total. The van der Waals surface area contributed by atoms with Gasteiger partial charge in [-0.15, -0.1) is 0 Å². The number of unbranched alkanes of at least 4 members (excludes halogenated alkanes) is 1. The Morgan fingerprint density at radius 1 is 1.26 bits per heavy atom. The number of allylic oxidation sites excluding steroid dienone is 1. The van der Waals surface area contributed by atoms with E-state index in [1.165, 1.54) is 4.90 Å². The smallest absolute Gasteiger partial charge is 0.326 e. The number of ether oxygens (including phenoxy) is 1. The molecule has 0 aliphatic carbocycles. The lowest BCUT2D eigenvalue weighted by atomic mass is 10.0. The van der Waals surface area contributed by atoms with Crippen molar-refractivity contribution in [3.8, 4) is 12.1 Å². The van der Waals surface area contributed by atoms with E-state index in [-0.39, 0.29) is 17.7 Å². The van der Waals surface area contributed by atoms with Gasteiger partial charge in [-0.05, 0) is 12.5 Å². The van der Waals surface area contributed by atoms with Crippen LogP contribution in [0.2, 0.25) is 0 Å². The van der Waals surface area contributed by atoms with Gasteiger partial charge in [0.05, 0.1) is 17.9 Å². The molecule has 0 unspecified atom stereocenters. The minimum absolute atomic E-state index is 0.0342. The molecule has 6 heteroatoms. The van der Waals surface area contributed by atoms with Crippen LogP contribution in [0.5, 0.6) is 0 Å². The number of hydrogen-bond acceptors (Lipinski definition) is 5. The first kappa shape index (κ1) is 16.3. The summed E-state index contributed by atoms with van der Waals surface area (Å²) in [5, 5.41) is 18.1. The van der Waals surface area contributed by atoms with Crippen molar-refractivity contribution in [2.45, 2.75) is 19.8 Å². The Hall–Kier alpha value is -3.12. The number of nitriles is 2. The van der Waals surface area contributed by atoms with E-state index in [1.807, 2.05) is 6.92 Å². The van der Waals surface area contributed by atoms with Crippen molar-refractivity contribution in [2.24, 2.45) is 0 Å². The molecule has 0 radical (unpaired) electrons. The van der Waals surface area contributed by atoms with Crippen LogP contribution in [0.15, 0.2) is 29.8 Å². The zero-order chi connectivity index (χ0) is 16.8. The molecule has 0 fully saturated rings. The second kappa shape index (κ2) is 7.24. The lowest BCUT2D eigenvalue weighted by Gasteiger charge is -2.16. The number of esters is 1. The number of benzene rings is 1. The number of nitrogens with zero attached hydrogens (tertiary/aromatic N) is 3. The molecule has 1 heterocycles. The van der Waals surface area contributed by atoms with E-state index < -0.39 is 11.9 Å². The van der Waals surface area contributed by atoms with E-state index in [9.17, 15) is 9.59 Å². The number of carbonyl (C=O) groups excluding carboxylic acids is 2. The van der Waals surface area contributed by atoms with Crippen molar-refractivity contribution >= 4 is 23.1 Å². The van der Waals surface area contributed by atoms with Gasteiger partial charge in [0, 0.05) is 5.56 Å². The lowest BCUT2D eigenvalue weighted by molar-refractivity contribution is -0.142.